The van der Waals surface area contributed by atoms with Gasteiger partial charge in [-0.1, -0.05) is 34.5 Å². The minimum Gasteiger partial charge on any atom is -0.483 e. The molecule has 2 aliphatic carbocycles. The van der Waals surface area contributed by atoms with Crippen LogP contribution in [0.3, 0.4) is 0 Å². The van der Waals surface area contributed by atoms with Gasteiger partial charge >= 0.3 is 10.8 Å². The van der Waals surface area contributed by atoms with Crippen molar-refractivity contribution in [1.82, 2.24) is 9.88 Å². The molecule has 2 aliphatic heterocycles. The monoisotopic (exact) mass is 673 g/mol. The number of hydrogen-bond donors (Lipinski definition) is 3. The molecule has 2 saturated carbocycles. The van der Waals surface area contributed by atoms with E-state index in [2.05, 4.69) is 10.3 Å². The molecule has 44 heavy (non-hydrogen) atoms. The number of aliphatic carboxylic acids is 1. The van der Waals surface area contributed by atoms with E-state index in [1.807, 2.05) is 0 Å². The molecule has 2 aromatic carbocycles. The Hall–Kier alpha value is -3.32. The molecule has 2 bridgehead atoms. The maximum absolute atomic E-state index is 13.6. The molecule has 228 valence electrons. The number of nitrogens with one attached hydrogen (secondary N) is 2. The Kier molecular flexibility index (Phi) is 7.51. The van der Waals surface area contributed by atoms with Crippen LogP contribution in [0.5, 0.6) is 5.75 Å². The first-order chi connectivity index (χ1) is 21.1. The van der Waals surface area contributed by atoms with Gasteiger partial charge in [0.25, 0.3) is 5.91 Å². The number of carboxylic acid groups (broad SMARTS) is 1. The van der Waals surface area contributed by atoms with Crippen molar-refractivity contribution in [2.45, 2.75) is 29.0 Å². The number of carbonyl (C=O) groups is 4. The third-order valence-electron chi connectivity index (χ3n) is 9.16. The molecule has 7 atom stereocenters. The normalized spacial score (nSPS) is 28.0. The van der Waals surface area contributed by atoms with Gasteiger partial charge in [-0.25, -0.2) is 0 Å². The molecule has 0 radical (unpaired) electrons. The molecular weight excluding hydrogens is 649 g/mol. The van der Waals surface area contributed by atoms with Crippen LogP contribution >= 0.6 is 46.3 Å². The van der Waals surface area contributed by atoms with Gasteiger partial charge in [-0.15, -0.1) is 11.8 Å². The molecule has 1 aromatic heterocycles. The molecular formula is C30H25Cl2N3O7S2. The van der Waals surface area contributed by atoms with Crippen molar-refractivity contribution in [3.63, 3.8) is 0 Å². The minimum atomic E-state index is -1.07. The number of aromatic nitrogens is 1. The number of hydrogen-bond acceptors (Lipinski definition) is 8. The van der Waals surface area contributed by atoms with Crippen LogP contribution in [0.2, 0.25) is 10.0 Å². The van der Waals surface area contributed by atoms with Crippen LogP contribution in [0.1, 0.15) is 29.2 Å². The van der Waals surface area contributed by atoms with E-state index in [9.17, 15) is 29.1 Å². The number of anilines is 1. The second-order valence-electron chi connectivity index (χ2n) is 11.5. The average Bonchev–Trinajstić information content (AvgIpc) is 3.71. The summed E-state index contributed by atoms with van der Waals surface area (Å²) in [7, 11) is 0. The van der Waals surface area contributed by atoms with Gasteiger partial charge < -0.3 is 20.1 Å². The summed E-state index contributed by atoms with van der Waals surface area (Å²) in [4.78, 5) is 68.3. The van der Waals surface area contributed by atoms with Crippen molar-refractivity contribution in [1.29, 1.82) is 0 Å². The molecule has 1 saturated heterocycles. The van der Waals surface area contributed by atoms with Crippen molar-refractivity contribution < 1.29 is 29.0 Å². The van der Waals surface area contributed by atoms with Gasteiger partial charge in [-0.2, -0.15) is 0 Å². The molecule has 4 aliphatic rings. The van der Waals surface area contributed by atoms with Crippen LogP contribution in [0.4, 0.5) is 5.69 Å². The number of benzene rings is 2. The Balaban J connectivity index is 1.21. The van der Waals surface area contributed by atoms with E-state index in [0.717, 1.165) is 26.1 Å². The zero-order chi connectivity index (χ0) is 30.9. The number of H-pyrrole nitrogens is 1. The zero-order valence-corrected chi connectivity index (χ0v) is 26.0. The van der Waals surface area contributed by atoms with Gasteiger partial charge in [0, 0.05) is 43.9 Å². The second kappa shape index (κ2) is 11.2. The highest BCUT2D eigenvalue weighted by Gasteiger charge is 2.69. The number of amides is 3. The number of carboxylic acids is 1. The highest BCUT2D eigenvalue weighted by atomic mass is 35.5. The first kappa shape index (κ1) is 29.4. The van der Waals surface area contributed by atoms with Gasteiger partial charge in [0.2, 0.25) is 11.8 Å². The largest absolute Gasteiger partial charge is 0.483 e. The fraction of sp³-hybridized carbons (Fsp3) is 0.367. The Morgan fingerprint density at radius 1 is 1.02 bits per heavy atom. The topological polar surface area (TPSA) is 146 Å². The SMILES string of the molecule is O=C(O)CCN1C(=O)C2C3CC(C2C1=O)C1C3Sc2[nH]c(=O)sc2[C@@H]1c1cc(Cl)ccc1OCC(=O)Nc1ccc(Cl)cc1. The van der Waals surface area contributed by atoms with E-state index < -0.39 is 17.8 Å². The number of nitrogens with zero attached hydrogens (tertiary/aromatic N) is 1. The third-order valence-corrected chi connectivity index (χ3v) is 12.2. The van der Waals surface area contributed by atoms with E-state index in [4.69, 9.17) is 27.9 Å². The Morgan fingerprint density at radius 3 is 2.45 bits per heavy atom. The molecule has 7 rings (SSSR count). The smallest absolute Gasteiger partial charge is 0.305 e. The van der Waals surface area contributed by atoms with Crippen molar-refractivity contribution in [3.05, 3.63) is 72.6 Å². The number of fused-ring (bicyclic) bond motifs is 9. The standard InChI is InChI=1S/C30H25Cl2N3O7S2/c31-12-1-4-14(5-2-12)33-19(36)11-42-18-6-3-13(32)9-15(18)21-22-16-10-17(25(22)43-27-26(21)44-30(41)34-27)24-23(16)28(39)35(29(24)40)8-7-20(37)38/h1-6,9,16-17,21-25H,7-8,10-11H2,(H,33,36)(H,34,41)(H,37,38)/t16?,17?,21-,22?,23?,24?,25?/m1/s1. The van der Waals surface area contributed by atoms with E-state index in [1.165, 1.54) is 0 Å². The Labute approximate surface area is 269 Å². The van der Waals surface area contributed by atoms with Gasteiger partial charge in [-0.05, 0) is 66.6 Å². The number of imide groups is 1. The van der Waals surface area contributed by atoms with Gasteiger partial charge in [-0.3, -0.25) is 28.9 Å². The molecule has 14 heteroatoms. The molecule has 3 heterocycles. The number of thioether (sulfide) groups is 1. The first-order valence-corrected chi connectivity index (χ1v) is 16.5. The lowest BCUT2D eigenvalue weighted by Crippen LogP contribution is -2.42. The lowest BCUT2D eigenvalue weighted by Gasteiger charge is -2.43. The maximum atomic E-state index is 13.6. The molecule has 6 unspecified atom stereocenters. The summed E-state index contributed by atoms with van der Waals surface area (Å²) in [6.07, 6.45) is 0.377. The van der Waals surface area contributed by atoms with Crippen molar-refractivity contribution in [2.24, 2.45) is 29.6 Å². The van der Waals surface area contributed by atoms with Gasteiger partial charge in [0.05, 0.1) is 23.3 Å². The summed E-state index contributed by atoms with van der Waals surface area (Å²) in [6.45, 7) is -0.429. The van der Waals surface area contributed by atoms with E-state index >= 15 is 0 Å². The molecule has 3 aromatic rings. The summed E-state index contributed by atoms with van der Waals surface area (Å²) in [6, 6.07) is 11.9. The van der Waals surface area contributed by atoms with Gasteiger partial charge in [0.1, 0.15) is 5.75 Å². The second-order valence-corrected chi connectivity index (χ2v) is 14.5. The van der Waals surface area contributed by atoms with Crippen LogP contribution in [0.25, 0.3) is 0 Å². The van der Waals surface area contributed by atoms with Crippen molar-refractivity contribution in [2.75, 3.05) is 18.5 Å². The number of rotatable bonds is 8. The van der Waals surface area contributed by atoms with Gasteiger partial charge in [0.15, 0.2) is 6.61 Å². The van der Waals surface area contributed by atoms with Crippen LogP contribution in [0.15, 0.2) is 52.3 Å². The summed E-state index contributed by atoms with van der Waals surface area (Å²) < 4.78 is 6.08. The summed E-state index contributed by atoms with van der Waals surface area (Å²) in [5.74, 6) is -3.45. The molecule has 10 nitrogen and oxygen atoms in total. The molecule has 3 N–H and O–H groups in total. The number of ether oxygens (including phenoxy) is 1. The van der Waals surface area contributed by atoms with Crippen LogP contribution < -0.4 is 14.9 Å². The third kappa shape index (κ3) is 4.92. The fourth-order valence-electron chi connectivity index (χ4n) is 7.62. The highest BCUT2D eigenvalue weighted by molar-refractivity contribution is 8.00. The van der Waals surface area contributed by atoms with E-state index in [1.54, 1.807) is 54.2 Å². The molecule has 3 amide bonds. The maximum Gasteiger partial charge on any atom is 0.305 e. The zero-order valence-electron chi connectivity index (χ0n) is 22.8. The number of carbonyl (C=O) groups excluding carboxylic acids is 3. The number of likely N-dealkylation sites (tertiary alicyclic amines) is 1. The van der Waals surface area contributed by atoms with Crippen LogP contribution in [0, 0.1) is 29.6 Å². The minimum absolute atomic E-state index is 0.0693. The quantitative estimate of drug-likeness (QED) is 0.292. The number of thiazole rings is 1. The lowest BCUT2D eigenvalue weighted by atomic mass is 9.68. The number of aromatic amines is 1. The van der Waals surface area contributed by atoms with E-state index in [0.29, 0.717) is 33.5 Å². The molecule has 0 spiro atoms. The van der Waals surface area contributed by atoms with Crippen molar-refractivity contribution in [3.8, 4) is 5.75 Å². The lowest BCUT2D eigenvalue weighted by molar-refractivity contribution is -0.142. The first-order valence-electron chi connectivity index (χ1n) is 14.0. The predicted octanol–water partition coefficient (Wildman–Crippen LogP) is 4.71. The Bertz CT molecular complexity index is 1760. The predicted molar refractivity (Wildman–Crippen MR) is 164 cm³/mol. The summed E-state index contributed by atoms with van der Waals surface area (Å²) >= 11 is 15.1. The summed E-state index contributed by atoms with van der Waals surface area (Å²) in [5.41, 5.74) is 1.27. The van der Waals surface area contributed by atoms with E-state index in [-0.39, 0.29) is 71.1 Å². The highest BCUT2D eigenvalue weighted by Crippen LogP contribution is 2.69. The molecule has 3 fully saturated rings. The fourth-order valence-corrected chi connectivity index (χ4v) is 10.8. The number of halogens is 2. The van der Waals surface area contributed by atoms with Crippen LogP contribution in [-0.4, -0.2) is 57.1 Å². The average molecular weight is 675 g/mol. The Morgan fingerprint density at radius 2 is 1.73 bits per heavy atom. The summed E-state index contributed by atoms with van der Waals surface area (Å²) in [5, 5.41) is 13.6. The van der Waals surface area contributed by atoms with Crippen LogP contribution in [-0.2, 0) is 19.2 Å². The van der Waals surface area contributed by atoms with Crippen molar-refractivity contribution >= 4 is 75.7 Å².